The molecule has 0 unspecified atom stereocenters. The number of fused-ring (bicyclic) bond motifs is 5. The lowest BCUT2D eigenvalue weighted by Crippen LogP contribution is -2.65. The third-order valence-corrected chi connectivity index (χ3v) is 16.9. The van der Waals surface area contributed by atoms with Crippen molar-refractivity contribution in [2.24, 2.45) is 50.7 Å². The molecule has 0 aromatic carbocycles. The van der Waals surface area contributed by atoms with E-state index in [4.69, 9.17) is 9.47 Å². The molecule has 5 fully saturated rings. The van der Waals surface area contributed by atoms with Crippen LogP contribution in [0.5, 0.6) is 0 Å². The normalized spacial score (nSPS) is 44.0. The van der Waals surface area contributed by atoms with Gasteiger partial charge in [-0.2, -0.15) is 0 Å². The second-order valence-corrected chi connectivity index (χ2v) is 19.5. The highest BCUT2D eigenvalue weighted by atomic mass is 16.6. The van der Waals surface area contributed by atoms with E-state index in [0.717, 1.165) is 57.8 Å². The second kappa shape index (κ2) is 13.3. The topological polar surface area (TPSA) is 52.6 Å². The Balaban J connectivity index is 1.08. The molecule has 48 heavy (non-hydrogen) atoms. The van der Waals surface area contributed by atoms with Crippen molar-refractivity contribution in [3.63, 3.8) is 0 Å². The molecular weight excluding hydrogens is 592 g/mol. The van der Waals surface area contributed by atoms with Gasteiger partial charge in [0.05, 0.1) is 5.41 Å². The Morgan fingerprint density at radius 3 is 2.10 bits per heavy atom. The molecule has 10 atom stereocenters. The fraction of sp³-hybridized carbons (Fsp3) is 0.909. The van der Waals surface area contributed by atoms with Gasteiger partial charge in [0, 0.05) is 17.8 Å². The van der Waals surface area contributed by atoms with Crippen molar-refractivity contribution in [2.45, 2.75) is 202 Å². The first-order valence-corrected chi connectivity index (χ1v) is 20.8. The lowest BCUT2D eigenvalue weighted by Gasteiger charge is -2.71. The third kappa shape index (κ3) is 5.57. The molecule has 4 nitrogen and oxygen atoms in total. The molecule has 0 N–H and O–H groups in total. The quantitative estimate of drug-likeness (QED) is 0.112. The average molecular weight is 665 g/mol. The van der Waals surface area contributed by atoms with E-state index in [-0.39, 0.29) is 56.6 Å². The maximum Gasteiger partial charge on any atom is 0.313 e. The number of unbranched alkanes of at least 4 members (excludes halogenated alkanes) is 10. The molecule has 4 saturated carbocycles. The van der Waals surface area contributed by atoms with E-state index in [1.807, 2.05) is 0 Å². The Morgan fingerprint density at radius 1 is 0.792 bits per heavy atom. The van der Waals surface area contributed by atoms with Crippen LogP contribution in [0.15, 0.2) is 11.6 Å². The molecule has 4 heteroatoms. The Kier molecular flexibility index (Phi) is 10.1. The smallest absolute Gasteiger partial charge is 0.313 e. The summed E-state index contributed by atoms with van der Waals surface area (Å²) in [5, 5.41) is 0. The van der Waals surface area contributed by atoms with Crippen LogP contribution in [0.4, 0.5) is 0 Å². The fourth-order valence-electron chi connectivity index (χ4n) is 13.6. The molecule has 1 heterocycles. The highest BCUT2D eigenvalue weighted by Crippen LogP contribution is 2.77. The summed E-state index contributed by atoms with van der Waals surface area (Å²) >= 11 is 0. The van der Waals surface area contributed by atoms with Crippen LogP contribution >= 0.6 is 0 Å². The summed E-state index contributed by atoms with van der Waals surface area (Å²) < 4.78 is 12.8. The minimum atomic E-state index is -0.370. The molecule has 5 aliphatic carbocycles. The van der Waals surface area contributed by atoms with Crippen LogP contribution in [-0.2, 0) is 19.1 Å². The summed E-state index contributed by atoms with van der Waals surface area (Å²) in [5.41, 5.74) is 1.38. The first-order valence-electron chi connectivity index (χ1n) is 20.8. The van der Waals surface area contributed by atoms with E-state index >= 15 is 0 Å². The maximum atomic E-state index is 13.6. The predicted molar refractivity (Wildman–Crippen MR) is 195 cm³/mol. The zero-order chi connectivity index (χ0) is 34.6. The highest BCUT2D eigenvalue weighted by Gasteiger charge is 2.75. The molecule has 1 saturated heterocycles. The van der Waals surface area contributed by atoms with Crippen LogP contribution in [0.1, 0.15) is 190 Å². The first kappa shape index (κ1) is 36.5. The molecular formula is C44H72O4. The van der Waals surface area contributed by atoms with Crippen molar-refractivity contribution in [1.29, 1.82) is 0 Å². The summed E-state index contributed by atoms with van der Waals surface area (Å²) in [6, 6.07) is 0. The monoisotopic (exact) mass is 665 g/mol. The molecule has 0 radical (unpaired) electrons. The highest BCUT2D eigenvalue weighted by molar-refractivity contribution is 5.82. The zero-order valence-corrected chi connectivity index (χ0v) is 32.4. The van der Waals surface area contributed by atoms with Gasteiger partial charge in [0.2, 0.25) is 0 Å². The van der Waals surface area contributed by atoms with E-state index in [1.165, 1.54) is 70.6 Å². The van der Waals surface area contributed by atoms with Crippen molar-refractivity contribution in [2.75, 3.05) is 0 Å². The molecule has 6 rings (SSSR count). The van der Waals surface area contributed by atoms with Gasteiger partial charge in [-0.1, -0.05) is 124 Å². The number of rotatable bonds is 13. The molecule has 1 aliphatic heterocycles. The van der Waals surface area contributed by atoms with E-state index in [1.54, 1.807) is 5.57 Å². The lowest BCUT2D eigenvalue weighted by atomic mass is 9.33. The van der Waals surface area contributed by atoms with Crippen molar-refractivity contribution in [3.05, 3.63) is 11.6 Å². The number of allylic oxidation sites excluding steroid dienone is 1. The lowest BCUT2D eigenvalue weighted by molar-refractivity contribution is -0.213. The van der Waals surface area contributed by atoms with Gasteiger partial charge in [-0.3, -0.25) is 9.59 Å². The van der Waals surface area contributed by atoms with Gasteiger partial charge in [0.15, 0.2) is 0 Å². The van der Waals surface area contributed by atoms with Crippen LogP contribution in [0.2, 0.25) is 0 Å². The molecule has 272 valence electrons. The SMILES string of the molecule is CCCCCCCCCCCCCC(=O)O[C@H]1CC[C@]2(C)[C@H]3CC=C4[C@H]5[C@]6(CC[C@@H](C)[C@@]5(C)OC6=O)CC[C@@]4(C)[C@]3(C)CC[C@H]2C1(C)C. The minimum Gasteiger partial charge on any atom is -0.462 e. The standard InChI is InChI=1S/C44H72O4/c1-9-10-11-12-13-14-15-16-17-18-19-20-36(45)47-35-25-26-40(5)33(39(35,3)4)24-27-42(7)34(40)22-21-32-37-43(8)31(2)23-28-44(37,38(46)48-43)30-29-41(32,42)6/h21,31,33-35,37H,9-20,22-30H2,1-8H3/t31-,33+,34-,35+,37-,40+,41-,42-,43-,44+/m1/s1. The Labute approximate surface area is 294 Å². The predicted octanol–water partition coefficient (Wildman–Crippen LogP) is 11.9. The van der Waals surface area contributed by atoms with Crippen LogP contribution < -0.4 is 0 Å². The van der Waals surface area contributed by atoms with Gasteiger partial charge >= 0.3 is 11.9 Å². The van der Waals surface area contributed by atoms with Crippen molar-refractivity contribution in [3.8, 4) is 0 Å². The van der Waals surface area contributed by atoms with E-state index in [0.29, 0.717) is 24.2 Å². The van der Waals surface area contributed by atoms with Gasteiger partial charge in [0.1, 0.15) is 11.7 Å². The molecule has 0 aromatic rings. The maximum absolute atomic E-state index is 13.6. The number of ether oxygens (including phenoxy) is 2. The van der Waals surface area contributed by atoms with Crippen LogP contribution in [-0.4, -0.2) is 23.6 Å². The number of hydrogen-bond acceptors (Lipinski definition) is 4. The Hall–Kier alpha value is -1.32. The number of esters is 2. The van der Waals surface area contributed by atoms with E-state index in [2.05, 4.69) is 61.5 Å². The van der Waals surface area contributed by atoms with Gasteiger partial charge in [0.25, 0.3) is 0 Å². The van der Waals surface area contributed by atoms with Crippen LogP contribution in [0.25, 0.3) is 0 Å². The summed E-state index contributed by atoms with van der Waals surface area (Å²) in [4.78, 5) is 26.8. The van der Waals surface area contributed by atoms with E-state index < -0.39 is 0 Å². The summed E-state index contributed by atoms with van der Waals surface area (Å²) in [7, 11) is 0. The molecule has 0 amide bonds. The molecule has 0 spiro atoms. The number of carbonyl (C=O) groups excluding carboxylic acids is 2. The zero-order valence-electron chi connectivity index (χ0n) is 32.4. The molecule has 6 aliphatic rings. The van der Waals surface area contributed by atoms with E-state index in [9.17, 15) is 9.59 Å². The molecule has 2 bridgehead atoms. The third-order valence-electron chi connectivity index (χ3n) is 16.9. The van der Waals surface area contributed by atoms with Crippen molar-refractivity contribution in [1.82, 2.24) is 0 Å². The number of carbonyl (C=O) groups is 2. The summed E-state index contributed by atoms with van der Waals surface area (Å²) in [6.45, 7) is 19.5. The minimum absolute atomic E-state index is 0.0161. The number of hydrogen-bond donors (Lipinski definition) is 0. The Morgan fingerprint density at radius 2 is 1.44 bits per heavy atom. The summed E-state index contributed by atoms with van der Waals surface area (Å²) in [6.07, 6.45) is 27.3. The van der Waals surface area contributed by atoms with Gasteiger partial charge in [-0.05, 0) is 105 Å². The summed E-state index contributed by atoms with van der Waals surface area (Å²) in [5.74, 6) is 1.90. The van der Waals surface area contributed by atoms with Crippen LogP contribution in [0, 0.1) is 50.7 Å². The average Bonchev–Trinajstić information content (AvgIpc) is 3.21. The van der Waals surface area contributed by atoms with Gasteiger partial charge in [-0.15, -0.1) is 0 Å². The fourth-order valence-corrected chi connectivity index (χ4v) is 13.6. The van der Waals surface area contributed by atoms with Gasteiger partial charge in [-0.25, -0.2) is 0 Å². The molecule has 0 aromatic heterocycles. The van der Waals surface area contributed by atoms with Gasteiger partial charge < -0.3 is 9.47 Å². The van der Waals surface area contributed by atoms with Crippen molar-refractivity contribution >= 4 is 11.9 Å². The largest absolute Gasteiger partial charge is 0.462 e. The Bertz CT molecular complexity index is 1230. The van der Waals surface area contributed by atoms with Crippen molar-refractivity contribution < 1.29 is 19.1 Å². The second-order valence-electron chi connectivity index (χ2n) is 19.5. The first-order chi connectivity index (χ1) is 22.7. The van der Waals surface area contributed by atoms with Crippen LogP contribution in [0.3, 0.4) is 0 Å².